The lowest BCUT2D eigenvalue weighted by atomic mass is 10.2. The molecule has 0 aliphatic carbocycles. The number of nitrogens with one attached hydrogen (secondary N) is 2. The highest BCUT2D eigenvalue weighted by atomic mass is 79.9. The molecular weight excluding hydrogens is 263 g/mol. The van der Waals surface area contributed by atoms with Crippen molar-refractivity contribution in [2.45, 2.75) is 0 Å². The molecule has 0 saturated carbocycles. The number of amides is 1. The van der Waals surface area contributed by atoms with Gasteiger partial charge in [-0.2, -0.15) is 0 Å². The van der Waals surface area contributed by atoms with Crippen molar-refractivity contribution in [3.63, 3.8) is 0 Å². The van der Waals surface area contributed by atoms with Crippen molar-refractivity contribution >= 4 is 21.8 Å². The Bertz CT molecular complexity index is 357. The predicted molar refractivity (Wildman–Crippen MR) is 60.4 cm³/mol. The Morgan fingerprint density at radius 2 is 2.20 bits per heavy atom. The topological polar surface area (TPSA) is 41.1 Å². The summed E-state index contributed by atoms with van der Waals surface area (Å²) in [4.78, 5) is 11.5. The van der Waals surface area contributed by atoms with Gasteiger partial charge in [0.15, 0.2) is 0 Å². The molecule has 82 valence electrons. The Morgan fingerprint density at radius 3 is 2.80 bits per heavy atom. The zero-order valence-corrected chi connectivity index (χ0v) is 9.90. The summed E-state index contributed by atoms with van der Waals surface area (Å²) in [6.07, 6.45) is 0. The van der Waals surface area contributed by atoms with Crippen LogP contribution in [0.2, 0.25) is 0 Å². The fraction of sp³-hybridized carbons (Fsp3) is 0.300. The third-order valence-electron chi connectivity index (χ3n) is 1.84. The molecule has 0 saturated heterocycles. The van der Waals surface area contributed by atoms with Crippen LogP contribution in [-0.2, 0) is 0 Å². The van der Waals surface area contributed by atoms with Gasteiger partial charge in [0, 0.05) is 18.7 Å². The minimum Gasteiger partial charge on any atom is -0.351 e. The Labute approximate surface area is 96.2 Å². The average molecular weight is 275 g/mol. The molecule has 0 aromatic heterocycles. The standard InChI is InChI=1S/C10H12BrFN2O/c1-13-4-5-14-10(15)7-2-3-8(11)9(12)6-7/h2-3,6,13H,4-5H2,1H3,(H,14,15). The molecule has 0 unspecified atom stereocenters. The Hall–Kier alpha value is -0.940. The van der Waals surface area contributed by atoms with Gasteiger partial charge >= 0.3 is 0 Å². The molecule has 0 atom stereocenters. The van der Waals surface area contributed by atoms with Crippen molar-refractivity contribution in [2.75, 3.05) is 20.1 Å². The molecule has 1 aromatic carbocycles. The zero-order chi connectivity index (χ0) is 11.3. The van der Waals surface area contributed by atoms with E-state index in [9.17, 15) is 9.18 Å². The highest BCUT2D eigenvalue weighted by Crippen LogP contribution is 2.16. The molecule has 2 N–H and O–H groups in total. The molecule has 15 heavy (non-hydrogen) atoms. The first kappa shape index (κ1) is 12.1. The van der Waals surface area contributed by atoms with Crippen molar-refractivity contribution in [3.8, 4) is 0 Å². The largest absolute Gasteiger partial charge is 0.351 e. The first-order valence-electron chi connectivity index (χ1n) is 4.53. The molecular formula is C10H12BrFN2O. The van der Waals surface area contributed by atoms with Crippen molar-refractivity contribution in [2.24, 2.45) is 0 Å². The van der Waals surface area contributed by atoms with Crippen LogP contribution in [0.4, 0.5) is 4.39 Å². The number of carbonyl (C=O) groups excluding carboxylic acids is 1. The maximum atomic E-state index is 13.1. The van der Waals surface area contributed by atoms with Gasteiger partial charge < -0.3 is 10.6 Å². The van der Waals surface area contributed by atoms with E-state index in [0.717, 1.165) is 0 Å². The van der Waals surface area contributed by atoms with Crippen LogP contribution < -0.4 is 10.6 Å². The monoisotopic (exact) mass is 274 g/mol. The van der Waals surface area contributed by atoms with Gasteiger partial charge in [0.1, 0.15) is 5.82 Å². The van der Waals surface area contributed by atoms with Gasteiger partial charge in [0.05, 0.1) is 4.47 Å². The van der Waals surface area contributed by atoms with Gasteiger partial charge in [-0.3, -0.25) is 4.79 Å². The van der Waals surface area contributed by atoms with Crippen LogP contribution >= 0.6 is 15.9 Å². The smallest absolute Gasteiger partial charge is 0.251 e. The van der Waals surface area contributed by atoms with E-state index in [0.29, 0.717) is 23.1 Å². The lowest BCUT2D eigenvalue weighted by molar-refractivity contribution is 0.0953. The van der Waals surface area contributed by atoms with Crippen molar-refractivity contribution in [1.82, 2.24) is 10.6 Å². The van der Waals surface area contributed by atoms with E-state index in [1.165, 1.54) is 12.1 Å². The Kier molecular flexibility index (Phi) is 4.71. The highest BCUT2D eigenvalue weighted by molar-refractivity contribution is 9.10. The number of hydrogen-bond acceptors (Lipinski definition) is 2. The predicted octanol–water partition coefficient (Wildman–Crippen LogP) is 1.54. The summed E-state index contributed by atoms with van der Waals surface area (Å²) < 4.78 is 13.4. The number of rotatable bonds is 4. The normalized spacial score (nSPS) is 10.1. The summed E-state index contributed by atoms with van der Waals surface area (Å²) in [5.41, 5.74) is 0.326. The molecule has 0 aliphatic heterocycles. The van der Waals surface area contributed by atoms with E-state index < -0.39 is 5.82 Å². The third-order valence-corrected chi connectivity index (χ3v) is 2.49. The van der Waals surface area contributed by atoms with E-state index in [2.05, 4.69) is 26.6 Å². The molecule has 0 radical (unpaired) electrons. The van der Waals surface area contributed by atoms with E-state index in [1.807, 2.05) is 0 Å². The van der Waals surface area contributed by atoms with Crippen LogP contribution in [0.5, 0.6) is 0 Å². The van der Waals surface area contributed by atoms with Gasteiger partial charge in [-0.15, -0.1) is 0 Å². The van der Waals surface area contributed by atoms with Crippen LogP contribution in [0.15, 0.2) is 22.7 Å². The van der Waals surface area contributed by atoms with E-state index in [1.54, 1.807) is 13.1 Å². The van der Waals surface area contributed by atoms with Gasteiger partial charge in [-0.25, -0.2) is 4.39 Å². The Morgan fingerprint density at radius 1 is 1.47 bits per heavy atom. The van der Waals surface area contributed by atoms with Gasteiger partial charge in [-0.05, 0) is 41.2 Å². The van der Waals surface area contributed by atoms with Crippen molar-refractivity contribution in [3.05, 3.63) is 34.1 Å². The maximum absolute atomic E-state index is 13.1. The minimum absolute atomic E-state index is 0.267. The van der Waals surface area contributed by atoms with Crippen LogP contribution in [0.25, 0.3) is 0 Å². The molecule has 1 aromatic rings. The van der Waals surface area contributed by atoms with E-state index >= 15 is 0 Å². The summed E-state index contributed by atoms with van der Waals surface area (Å²) in [6, 6.07) is 4.29. The molecule has 3 nitrogen and oxygen atoms in total. The second kappa shape index (κ2) is 5.82. The highest BCUT2D eigenvalue weighted by Gasteiger charge is 2.07. The molecule has 1 rings (SSSR count). The van der Waals surface area contributed by atoms with Crippen LogP contribution in [0.1, 0.15) is 10.4 Å². The van der Waals surface area contributed by atoms with Crippen LogP contribution in [0.3, 0.4) is 0 Å². The Balaban J connectivity index is 2.62. The molecule has 0 fully saturated rings. The molecule has 0 aliphatic rings. The average Bonchev–Trinajstić information content (AvgIpc) is 2.22. The first-order chi connectivity index (χ1) is 7.15. The summed E-state index contributed by atoms with van der Waals surface area (Å²) in [5.74, 6) is -0.701. The SMILES string of the molecule is CNCCNC(=O)c1ccc(Br)c(F)c1. The van der Waals surface area contributed by atoms with Crippen LogP contribution in [-0.4, -0.2) is 26.0 Å². The molecule has 0 spiro atoms. The maximum Gasteiger partial charge on any atom is 0.251 e. The number of halogens is 2. The first-order valence-corrected chi connectivity index (χ1v) is 5.32. The summed E-state index contributed by atoms with van der Waals surface area (Å²) in [5, 5.41) is 5.56. The van der Waals surface area contributed by atoms with E-state index in [-0.39, 0.29) is 5.91 Å². The van der Waals surface area contributed by atoms with Crippen molar-refractivity contribution < 1.29 is 9.18 Å². The fourth-order valence-corrected chi connectivity index (χ4v) is 1.29. The lowest BCUT2D eigenvalue weighted by Gasteiger charge is -2.05. The molecule has 5 heteroatoms. The summed E-state index contributed by atoms with van der Waals surface area (Å²) >= 11 is 3.03. The lowest BCUT2D eigenvalue weighted by Crippen LogP contribution is -2.30. The molecule has 0 heterocycles. The van der Waals surface area contributed by atoms with Gasteiger partial charge in [-0.1, -0.05) is 0 Å². The number of carbonyl (C=O) groups is 1. The zero-order valence-electron chi connectivity index (χ0n) is 8.31. The summed E-state index contributed by atoms with van der Waals surface area (Å²) in [7, 11) is 1.80. The number of benzene rings is 1. The van der Waals surface area contributed by atoms with Crippen molar-refractivity contribution in [1.29, 1.82) is 0 Å². The second-order valence-electron chi connectivity index (χ2n) is 2.99. The second-order valence-corrected chi connectivity index (χ2v) is 3.84. The quantitative estimate of drug-likeness (QED) is 0.818. The fourth-order valence-electron chi connectivity index (χ4n) is 1.04. The van der Waals surface area contributed by atoms with Gasteiger partial charge in [0.25, 0.3) is 5.91 Å². The number of hydrogen-bond donors (Lipinski definition) is 2. The van der Waals surface area contributed by atoms with Crippen LogP contribution in [0, 0.1) is 5.82 Å². The van der Waals surface area contributed by atoms with Gasteiger partial charge in [0.2, 0.25) is 0 Å². The molecule has 1 amide bonds. The minimum atomic E-state index is -0.434. The number of likely N-dealkylation sites (N-methyl/N-ethyl adjacent to an activating group) is 1. The third kappa shape index (κ3) is 3.60. The summed E-state index contributed by atoms with van der Waals surface area (Å²) in [6.45, 7) is 1.21. The van der Waals surface area contributed by atoms with E-state index in [4.69, 9.17) is 0 Å². The molecule has 0 bridgehead atoms.